The molecule has 0 saturated carbocycles. The highest BCUT2D eigenvalue weighted by Crippen LogP contribution is 2.26. The predicted molar refractivity (Wildman–Crippen MR) is 63.0 cm³/mol. The molecule has 1 aromatic rings. The first-order valence-electron chi connectivity index (χ1n) is 5.34. The van der Waals surface area contributed by atoms with Crippen molar-refractivity contribution in [1.82, 2.24) is 0 Å². The predicted octanol–water partition coefficient (Wildman–Crippen LogP) is 4.00. The van der Waals surface area contributed by atoms with Gasteiger partial charge in [0, 0.05) is 0 Å². The molecule has 4 heteroatoms. The van der Waals surface area contributed by atoms with E-state index < -0.39 is 17.8 Å². The molecule has 1 atom stereocenters. The number of allylic oxidation sites excluding steroid dienone is 4. The molecule has 0 radical (unpaired) electrons. The van der Waals surface area contributed by atoms with E-state index >= 15 is 0 Å². The Morgan fingerprint density at radius 3 is 2.56 bits per heavy atom. The molecule has 0 amide bonds. The van der Waals surface area contributed by atoms with Gasteiger partial charge in [-0.2, -0.15) is 4.39 Å². The summed E-state index contributed by atoms with van der Waals surface area (Å²) in [4.78, 5) is 0. The van der Waals surface area contributed by atoms with Gasteiger partial charge in [-0.05, 0) is 36.3 Å². The van der Waals surface area contributed by atoms with Gasteiger partial charge in [0.25, 0.3) is 0 Å². The molecule has 0 heterocycles. The van der Waals surface area contributed by atoms with Crippen molar-refractivity contribution >= 4 is 0 Å². The highest BCUT2D eigenvalue weighted by Gasteiger charge is 2.16. The first kappa shape index (κ1) is 12.5. The number of alkyl halides is 1. The minimum atomic E-state index is -1.37. The number of rotatable bonds is 2. The molecular formula is C14H11F3O. The van der Waals surface area contributed by atoms with E-state index in [0.717, 1.165) is 6.08 Å². The van der Waals surface area contributed by atoms with Crippen molar-refractivity contribution in [3.05, 3.63) is 65.5 Å². The lowest BCUT2D eigenvalue weighted by Gasteiger charge is -2.14. The maximum Gasteiger partial charge on any atom is 0.201 e. The first-order chi connectivity index (χ1) is 8.49. The Morgan fingerprint density at radius 2 is 1.89 bits per heavy atom. The van der Waals surface area contributed by atoms with E-state index in [1.165, 1.54) is 31.2 Å². The van der Waals surface area contributed by atoms with Crippen LogP contribution in [0.5, 0.6) is 5.75 Å². The molecule has 0 aromatic heterocycles. The van der Waals surface area contributed by atoms with E-state index in [1.807, 2.05) is 0 Å². The molecule has 0 N–H and O–H groups in total. The van der Waals surface area contributed by atoms with Gasteiger partial charge in [-0.15, -0.1) is 0 Å². The van der Waals surface area contributed by atoms with Crippen molar-refractivity contribution in [3.63, 3.8) is 0 Å². The summed E-state index contributed by atoms with van der Waals surface area (Å²) in [6, 6.07) is 2.70. The van der Waals surface area contributed by atoms with Crippen molar-refractivity contribution in [2.75, 3.05) is 0 Å². The van der Waals surface area contributed by atoms with E-state index in [4.69, 9.17) is 4.74 Å². The fraction of sp³-hybridized carbons (Fsp3) is 0.143. The Labute approximate surface area is 103 Å². The Hall–Kier alpha value is -1.97. The van der Waals surface area contributed by atoms with Crippen LogP contribution in [0.3, 0.4) is 0 Å². The Morgan fingerprint density at radius 1 is 1.17 bits per heavy atom. The molecule has 1 unspecified atom stereocenters. The monoisotopic (exact) mass is 252 g/mol. The second-order valence-corrected chi connectivity index (χ2v) is 3.99. The van der Waals surface area contributed by atoms with E-state index in [1.54, 1.807) is 0 Å². The molecule has 0 saturated heterocycles. The Kier molecular flexibility index (Phi) is 3.28. The molecule has 94 valence electrons. The van der Waals surface area contributed by atoms with Gasteiger partial charge in [0.1, 0.15) is 11.9 Å². The van der Waals surface area contributed by atoms with Gasteiger partial charge in [-0.25, -0.2) is 8.78 Å². The minimum absolute atomic E-state index is 0.122. The molecule has 0 bridgehead atoms. The zero-order chi connectivity index (χ0) is 13.3. The van der Waals surface area contributed by atoms with Crippen molar-refractivity contribution in [3.8, 4) is 5.75 Å². The van der Waals surface area contributed by atoms with Crippen molar-refractivity contribution < 1.29 is 17.9 Å². The van der Waals surface area contributed by atoms with Gasteiger partial charge in [0.2, 0.25) is 5.82 Å². The molecule has 0 aliphatic heterocycles. The smallest absolute Gasteiger partial charge is 0.201 e. The summed E-state index contributed by atoms with van der Waals surface area (Å²) >= 11 is 0. The lowest BCUT2D eigenvalue weighted by molar-refractivity contribution is 0.375. The van der Waals surface area contributed by atoms with Crippen molar-refractivity contribution in [1.29, 1.82) is 0 Å². The van der Waals surface area contributed by atoms with Crippen LogP contribution in [-0.2, 0) is 0 Å². The standard InChI is InChI=1S/C14H11F3O/c1-8-3-5-10(7-11(8)15)18-12-6-4-9(2)13(16)14(12)17/h3-7,11H,1H2,2H3. The van der Waals surface area contributed by atoms with Crippen LogP contribution >= 0.6 is 0 Å². The zero-order valence-electron chi connectivity index (χ0n) is 9.71. The summed E-state index contributed by atoms with van der Waals surface area (Å²) in [5.41, 5.74) is 0.475. The SMILES string of the molecule is C=C1C=CC(Oc2ccc(C)c(F)c2F)=CC1F. The number of halogens is 3. The van der Waals surface area contributed by atoms with E-state index in [2.05, 4.69) is 6.58 Å². The highest BCUT2D eigenvalue weighted by molar-refractivity contribution is 5.39. The third-order valence-electron chi connectivity index (χ3n) is 2.59. The van der Waals surface area contributed by atoms with Gasteiger partial charge in [0.05, 0.1) is 0 Å². The van der Waals surface area contributed by atoms with Crippen molar-refractivity contribution in [2.45, 2.75) is 13.1 Å². The van der Waals surface area contributed by atoms with E-state index in [0.29, 0.717) is 0 Å². The molecule has 1 aliphatic rings. The maximum atomic E-state index is 13.5. The minimum Gasteiger partial charge on any atom is -0.454 e. The lowest BCUT2D eigenvalue weighted by atomic mass is 10.1. The van der Waals surface area contributed by atoms with Gasteiger partial charge in [-0.3, -0.25) is 0 Å². The normalized spacial score (nSPS) is 18.8. The van der Waals surface area contributed by atoms with Crippen LogP contribution in [0.2, 0.25) is 0 Å². The summed E-state index contributed by atoms with van der Waals surface area (Å²) in [6.07, 6.45) is 2.67. The quantitative estimate of drug-likeness (QED) is 0.773. The zero-order valence-corrected chi connectivity index (χ0v) is 9.71. The first-order valence-corrected chi connectivity index (χ1v) is 5.34. The fourth-order valence-electron chi connectivity index (χ4n) is 1.49. The maximum absolute atomic E-state index is 13.5. The summed E-state index contributed by atoms with van der Waals surface area (Å²) in [5, 5.41) is 0. The molecule has 0 fully saturated rings. The Bertz CT molecular complexity index is 558. The van der Waals surface area contributed by atoms with Gasteiger partial charge < -0.3 is 4.74 Å². The average molecular weight is 252 g/mol. The fourth-order valence-corrected chi connectivity index (χ4v) is 1.49. The second kappa shape index (κ2) is 4.72. The van der Waals surface area contributed by atoms with Crippen LogP contribution in [0.1, 0.15) is 5.56 Å². The number of benzene rings is 1. The third kappa shape index (κ3) is 2.32. The van der Waals surface area contributed by atoms with Gasteiger partial charge >= 0.3 is 0 Å². The van der Waals surface area contributed by atoms with Crippen LogP contribution in [-0.4, -0.2) is 6.17 Å². The summed E-state index contributed by atoms with van der Waals surface area (Å²) in [5.74, 6) is -2.19. The second-order valence-electron chi connectivity index (χ2n) is 3.99. The topological polar surface area (TPSA) is 9.23 Å². The Balaban J connectivity index is 2.26. The van der Waals surface area contributed by atoms with Crippen LogP contribution < -0.4 is 4.74 Å². The number of hydrogen-bond acceptors (Lipinski definition) is 1. The molecule has 1 aromatic carbocycles. The molecule has 1 aliphatic carbocycles. The van der Waals surface area contributed by atoms with Crippen LogP contribution in [0.25, 0.3) is 0 Å². The van der Waals surface area contributed by atoms with Gasteiger partial charge in [0.15, 0.2) is 11.6 Å². The summed E-state index contributed by atoms with van der Waals surface area (Å²) in [7, 11) is 0. The molecule has 18 heavy (non-hydrogen) atoms. The lowest BCUT2D eigenvalue weighted by Crippen LogP contribution is -2.07. The highest BCUT2D eigenvalue weighted by atomic mass is 19.2. The number of aryl methyl sites for hydroxylation is 1. The van der Waals surface area contributed by atoms with Crippen LogP contribution in [0, 0.1) is 18.6 Å². The molecule has 1 nitrogen and oxygen atoms in total. The largest absolute Gasteiger partial charge is 0.454 e. The third-order valence-corrected chi connectivity index (χ3v) is 2.59. The van der Waals surface area contributed by atoms with Crippen LogP contribution in [0.15, 0.2) is 48.3 Å². The van der Waals surface area contributed by atoms with Crippen molar-refractivity contribution in [2.24, 2.45) is 0 Å². The van der Waals surface area contributed by atoms with Crippen LogP contribution in [0.4, 0.5) is 13.2 Å². The summed E-state index contributed by atoms with van der Waals surface area (Å²) in [6.45, 7) is 4.93. The molecular weight excluding hydrogens is 241 g/mol. The molecule has 2 rings (SSSR count). The van der Waals surface area contributed by atoms with E-state index in [-0.39, 0.29) is 22.6 Å². The molecule has 0 spiro atoms. The van der Waals surface area contributed by atoms with Gasteiger partial charge in [-0.1, -0.05) is 18.7 Å². The van der Waals surface area contributed by atoms with E-state index in [9.17, 15) is 13.2 Å². The number of ether oxygens (including phenoxy) is 1. The number of hydrogen-bond donors (Lipinski definition) is 0. The summed E-state index contributed by atoms with van der Waals surface area (Å²) < 4.78 is 45.2. The average Bonchev–Trinajstić information content (AvgIpc) is 2.34.